The second-order valence-corrected chi connectivity index (χ2v) is 6.94. The highest BCUT2D eigenvalue weighted by molar-refractivity contribution is 6.39. The number of aryl methyl sites for hydroxylation is 1. The molecule has 168 valence electrons. The van der Waals surface area contributed by atoms with Gasteiger partial charge in [-0.1, -0.05) is 17.7 Å². The number of anilines is 1. The molecule has 2 N–H and O–H groups in total. The summed E-state index contributed by atoms with van der Waals surface area (Å²) < 4.78 is 10.7. The zero-order valence-corrected chi connectivity index (χ0v) is 18.2. The van der Waals surface area contributed by atoms with Gasteiger partial charge < -0.3 is 14.8 Å². The number of nitrogens with zero attached hydrogens (tertiary/aromatic N) is 1. The summed E-state index contributed by atoms with van der Waals surface area (Å²) in [5, 5.41) is 6.25. The Balaban J connectivity index is 1.48. The highest BCUT2D eigenvalue weighted by Crippen LogP contribution is 2.16. The Morgan fingerprint density at radius 3 is 2.27 bits per heavy atom. The van der Waals surface area contributed by atoms with Gasteiger partial charge in [0.25, 0.3) is 0 Å². The van der Waals surface area contributed by atoms with E-state index < -0.39 is 17.8 Å². The van der Waals surface area contributed by atoms with Crippen LogP contribution in [-0.2, 0) is 9.59 Å². The monoisotopic (exact) mass is 445 g/mol. The maximum Gasteiger partial charge on any atom is 0.343 e. The summed E-state index contributed by atoms with van der Waals surface area (Å²) in [6.45, 7) is 4.30. The predicted molar refractivity (Wildman–Crippen MR) is 125 cm³/mol. The van der Waals surface area contributed by atoms with Gasteiger partial charge in [0.2, 0.25) is 0 Å². The number of hydrogen-bond donors (Lipinski definition) is 2. The van der Waals surface area contributed by atoms with Crippen LogP contribution in [0.5, 0.6) is 11.5 Å². The molecule has 0 aliphatic carbocycles. The van der Waals surface area contributed by atoms with Crippen LogP contribution < -0.4 is 20.2 Å². The maximum absolute atomic E-state index is 12.2. The molecule has 0 aromatic heterocycles. The van der Waals surface area contributed by atoms with Crippen molar-refractivity contribution in [2.45, 2.75) is 13.8 Å². The number of amides is 2. The van der Waals surface area contributed by atoms with E-state index >= 15 is 0 Å². The number of hydrazone groups is 1. The molecule has 0 saturated carbocycles. The number of esters is 1. The van der Waals surface area contributed by atoms with E-state index in [-0.39, 0.29) is 0 Å². The van der Waals surface area contributed by atoms with Crippen LogP contribution in [0.1, 0.15) is 28.4 Å². The SMILES string of the molecule is CCOc1ccc(NC(=O)C(=O)NN=Cc2ccc(OC(=O)c3cccc(C)c3)cc2)cc1. The van der Waals surface area contributed by atoms with Crippen LogP contribution in [0.2, 0.25) is 0 Å². The molecule has 8 heteroatoms. The number of carbonyl (C=O) groups is 3. The van der Waals surface area contributed by atoms with Crippen molar-refractivity contribution in [2.75, 3.05) is 11.9 Å². The van der Waals surface area contributed by atoms with Crippen molar-refractivity contribution in [2.24, 2.45) is 5.10 Å². The first-order chi connectivity index (χ1) is 15.9. The number of rotatable bonds is 7. The Kier molecular flexibility index (Phi) is 7.91. The molecule has 0 unspecified atom stereocenters. The van der Waals surface area contributed by atoms with E-state index in [4.69, 9.17) is 9.47 Å². The molecule has 0 heterocycles. The molecule has 0 spiro atoms. The number of ether oxygens (including phenoxy) is 2. The molecule has 2 amide bonds. The molecule has 0 bridgehead atoms. The Hall–Kier alpha value is -4.46. The van der Waals surface area contributed by atoms with E-state index in [1.165, 1.54) is 6.21 Å². The molecule has 3 aromatic rings. The average Bonchev–Trinajstić information content (AvgIpc) is 2.81. The fraction of sp³-hybridized carbons (Fsp3) is 0.120. The molecule has 8 nitrogen and oxygen atoms in total. The lowest BCUT2D eigenvalue weighted by Gasteiger charge is -2.06. The highest BCUT2D eigenvalue weighted by atomic mass is 16.5. The van der Waals surface area contributed by atoms with Crippen molar-refractivity contribution >= 4 is 29.7 Å². The smallest absolute Gasteiger partial charge is 0.343 e. The minimum absolute atomic E-state index is 0.373. The summed E-state index contributed by atoms with van der Waals surface area (Å²) in [7, 11) is 0. The second-order valence-electron chi connectivity index (χ2n) is 6.94. The standard InChI is InChI=1S/C25H23N3O5/c1-3-32-21-13-9-20(10-14-21)27-23(29)24(30)28-26-16-18-7-11-22(12-8-18)33-25(31)19-6-4-5-17(2)15-19/h4-16H,3H2,1-2H3,(H,27,29)(H,28,30). The molecule has 0 saturated heterocycles. The second kappa shape index (κ2) is 11.2. The molecule has 3 aromatic carbocycles. The van der Waals surface area contributed by atoms with Crippen molar-refractivity contribution in [1.82, 2.24) is 5.43 Å². The van der Waals surface area contributed by atoms with Gasteiger partial charge in [0.05, 0.1) is 18.4 Å². The molecule has 3 rings (SSSR count). The summed E-state index contributed by atoms with van der Waals surface area (Å²) in [4.78, 5) is 36.1. The predicted octanol–water partition coefficient (Wildman–Crippen LogP) is 3.70. The van der Waals surface area contributed by atoms with Gasteiger partial charge in [0.1, 0.15) is 11.5 Å². The van der Waals surface area contributed by atoms with Crippen molar-refractivity contribution in [3.8, 4) is 11.5 Å². The minimum Gasteiger partial charge on any atom is -0.494 e. The van der Waals surface area contributed by atoms with Gasteiger partial charge >= 0.3 is 17.8 Å². The molecule has 0 aliphatic heterocycles. The van der Waals surface area contributed by atoms with Crippen molar-refractivity contribution in [3.05, 3.63) is 89.5 Å². The molecular formula is C25H23N3O5. The normalized spacial score (nSPS) is 10.5. The first-order valence-electron chi connectivity index (χ1n) is 10.2. The molecule has 33 heavy (non-hydrogen) atoms. The Labute approximate surface area is 191 Å². The summed E-state index contributed by atoms with van der Waals surface area (Å²) in [5.74, 6) is -1.18. The average molecular weight is 445 g/mol. The fourth-order valence-corrected chi connectivity index (χ4v) is 2.77. The van der Waals surface area contributed by atoms with Crippen LogP contribution in [-0.4, -0.2) is 30.6 Å². The lowest BCUT2D eigenvalue weighted by atomic mass is 10.1. The molecular weight excluding hydrogens is 422 g/mol. The van der Waals surface area contributed by atoms with Crippen LogP contribution in [0.15, 0.2) is 77.9 Å². The van der Waals surface area contributed by atoms with Gasteiger partial charge in [-0.25, -0.2) is 10.2 Å². The third-order valence-corrected chi connectivity index (χ3v) is 4.35. The number of nitrogens with one attached hydrogen (secondary N) is 2. The first-order valence-corrected chi connectivity index (χ1v) is 10.2. The van der Waals surface area contributed by atoms with E-state index in [0.29, 0.717) is 34.9 Å². The third-order valence-electron chi connectivity index (χ3n) is 4.35. The number of hydrogen-bond acceptors (Lipinski definition) is 6. The van der Waals surface area contributed by atoms with Crippen molar-refractivity contribution in [3.63, 3.8) is 0 Å². The van der Waals surface area contributed by atoms with Crippen LogP contribution in [0.4, 0.5) is 5.69 Å². The van der Waals surface area contributed by atoms with E-state index in [2.05, 4.69) is 15.8 Å². The van der Waals surface area contributed by atoms with Gasteiger partial charge in [-0.3, -0.25) is 9.59 Å². The van der Waals surface area contributed by atoms with Gasteiger partial charge in [-0.2, -0.15) is 5.10 Å². The zero-order valence-electron chi connectivity index (χ0n) is 18.2. The highest BCUT2D eigenvalue weighted by Gasteiger charge is 2.13. The van der Waals surface area contributed by atoms with Crippen LogP contribution >= 0.6 is 0 Å². The fourth-order valence-electron chi connectivity index (χ4n) is 2.77. The summed E-state index contributed by atoms with van der Waals surface area (Å²) in [6, 6.07) is 20.3. The quantitative estimate of drug-likeness (QED) is 0.190. The van der Waals surface area contributed by atoms with Gasteiger partial charge in [-0.15, -0.1) is 0 Å². The largest absolute Gasteiger partial charge is 0.494 e. The summed E-state index contributed by atoms with van der Waals surface area (Å²) in [5.41, 5.74) is 4.69. The van der Waals surface area contributed by atoms with Crippen LogP contribution in [0.25, 0.3) is 0 Å². The lowest BCUT2D eigenvalue weighted by Crippen LogP contribution is -2.32. The third kappa shape index (κ3) is 7.03. The minimum atomic E-state index is -0.913. The molecule has 0 aliphatic rings. The van der Waals surface area contributed by atoms with E-state index in [0.717, 1.165) is 5.56 Å². The van der Waals surface area contributed by atoms with Crippen molar-refractivity contribution in [1.29, 1.82) is 0 Å². The number of carbonyl (C=O) groups excluding carboxylic acids is 3. The zero-order chi connectivity index (χ0) is 23.6. The van der Waals surface area contributed by atoms with E-state index in [1.54, 1.807) is 66.7 Å². The lowest BCUT2D eigenvalue weighted by molar-refractivity contribution is -0.136. The van der Waals surface area contributed by atoms with Crippen LogP contribution in [0, 0.1) is 6.92 Å². The van der Waals surface area contributed by atoms with Gasteiger partial charge in [0.15, 0.2) is 0 Å². The topological polar surface area (TPSA) is 106 Å². The van der Waals surface area contributed by atoms with E-state index in [1.807, 2.05) is 19.9 Å². The number of benzene rings is 3. The first kappa shape index (κ1) is 23.2. The van der Waals surface area contributed by atoms with Crippen molar-refractivity contribution < 1.29 is 23.9 Å². The Morgan fingerprint density at radius 1 is 0.909 bits per heavy atom. The summed E-state index contributed by atoms with van der Waals surface area (Å²) >= 11 is 0. The molecule has 0 radical (unpaired) electrons. The Bertz CT molecular complexity index is 1160. The maximum atomic E-state index is 12.2. The van der Waals surface area contributed by atoms with Crippen LogP contribution in [0.3, 0.4) is 0 Å². The van der Waals surface area contributed by atoms with Gasteiger partial charge in [0, 0.05) is 5.69 Å². The molecule has 0 atom stereocenters. The van der Waals surface area contributed by atoms with E-state index in [9.17, 15) is 14.4 Å². The molecule has 0 fully saturated rings. The van der Waals surface area contributed by atoms with Gasteiger partial charge in [-0.05, 0) is 80.1 Å². The Morgan fingerprint density at radius 2 is 1.61 bits per heavy atom. The summed E-state index contributed by atoms with van der Waals surface area (Å²) in [6.07, 6.45) is 1.37.